The van der Waals surface area contributed by atoms with Crippen molar-refractivity contribution in [2.75, 3.05) is 18.6 Å². The van der Waals surface area contributed by atoms with Gasteiger partial charge >= 0.3 is 0 Å². The van der Waals surface area contributed by atoms with Crippen LogP contribution in [0.25, 0.3) is 0 Å². The van der Waals surface area contributed by atoms with Crippen molar-refractivity contribution in [3.8, 4) is 5.75 Å². The Hall–Kier alpha value is -2.29. The monoisotopic (exact) mass is 297 g/mol. The van der Waals surface area contributed by atoms with E-state index in [1.807, 2.05) is 67.3 Å². The molecule has 0 aromatic heterocycles. The zero-order valence-corrected chi connectivity index (χ0v) is 13.5. The van der Waals surface area contributed by atoms with Crippen LogP contribution in [0.5, 0.6) is 5.75 Å². The molecule has 3 nitrogen and oxygen atoms in total. The van der Waals surface area contributed by atoms with E-state index in [4.69, 9.17) is 4.74 Å². The standard InChI is InChI=1S/C19H23NO2/c1-15(2)19(21)20(17-9-5-4-6-10-17)13-12-16-8-7-11-18(14-16)22-3/h4-11,14-15H,12-13H2,1-3H3. The molecule has 2 aromatic carbocycles. The Labute approximate surface area is 132 Å². The molecule has 0 radical (unpaired) electrons. The molecular weight excluding hydrogens is 274 g/mol. The molecular formula is C19H23NO2. The molecule has 2 rings (SSSR count). The summed E-state index contributed by atoms with van der Waals surface area (Å²) in [6.07, 6.45) is 0.796. The van der Waals surface area contributed by atoms with Crippen LogP contribution in [-0.4, -0.2) is 19.6 Å². The van der Waals surface area contributed by atoms with E-state index in [-0.39, 0.29) is 11.8 Å². The van der Waals surface area contributed by atoms with Gasteiger partial charge in [0, 0.05) is 18.2 Å². The number of rotatable bonds is 6. The third kappa shape index (κ3) is 4.10. The Kier molecular flexibility index (Phi) is 5.59. The van der Waals surface area contributed by atoms with Crippen molar-refractivity contribution >= 4 is 11.6 Å². The van der Waals surface area contributed by atoms with Crippen molar-refractivity contribution in [3.63, 3.8) is 0 Å². The molecule has 116 valence electrons. The van der Waals surface area contributed by atoms with Gasteiger partial charge in [0.25, 0.3) is 0 Å². The average molecular weight is 297 g/mol. The fourth-order valence-corrected chi connectivity index (χ4v) is 2.36. The molecule has 0 N–H and O–H groups in total. The Balaban J connectivity index is 2.14. The highest BCUT2D eigenvalue weighted by atomic mass is 16.5. The molecule has 0 aliphatic heterocycles. The van der Waals surface area contributed by atoms with E-state index in [2.05, 4.69) is 6.07 Å². The topological polar surface area (TPSA) is 29.5 Å². The minimum absolute atomic E-state index is 0.0227. The highest BCUT2D eigenvalue weighted by Gasteiger charge is 2.18. The maximum Gasteiger partial charge on any atom is 0.229 e. The number of para-hydroxylation sites is 1. The van der Waals surface area contributed by atoms with Gasteiger partial charge in [-0.05, 0) is 36.2 Å². The molecule has 0 heterocycles. The quantitative estimate of drug-likeness (QED) is 0.808. The number of amides is 1. The summed E-state index contributed by atoms with van der Waals surface area (Å²) < 4.78 is 5.25. The van der Waals surface area contributed by atoms with E-state index in [9.17, 15) is 4.79 Å². The van der Waals surface area contributed by atoms with Crippen molar-refractivity contribution in [1.29, 1.82) is 0 Å². The second-order valence-corrected chi connectivity index (χ2v) is 5.58. The van der Waals surface area contributed by atoms with Gasteiger partial charge in [0.05, 0.1) is 7.11 Å². The highest BCUT2D eigenvalue weighted by molar-refractivity contribution is 5.94. The summed E-state index contributed by atoms with van der Waals surface area (Å²) >= 11 is 0. The third-order valence-corrected chi connectivity index (χ3v) is 3.59. The van der Waals surface area contributed by atoms with E-state index in [0.29, 0.717) is 6.54 Å². The largest absolute Gasteiger partial charge is 0.497 e. The highest BCUT2D eigenvalue weighted by Crippen LogP contribution is 2.18. The average Bonchev–Trinajstić information content (AvgIpc) is 2.56. The van der Waals surface area contributed by atoms with Gasteiger partial charge in [0.1, 0.15) is 5.75 Å². The van der Waals surface area contributed by atoms with Crippen LogP contribution in [-0.2, 0) is 11.2 Å². The molecule has 22 heavy (non-hydrogen) atoms. The number of carbonyl (C=O) groups excluding carboxylic acids is 1. The molecule has 0 aliphatic carbocycles. The van der Waals surface area contributed by atoms with Crippen LogP contribution in [0, 0.1) is 5.92 Å². The van der Waals surface area contributed by atoms with Gasteiger partial charge < -0.3 is 9.64 Å². The minimum Gasteiger partial charge on any atom is -0.497 e. The first-order valence-electron chi connectivity index (χ1n) is 7.61. The molecule has 0 spiro atoms. The van der Waals surface area contributed by atoms with Crippen LogP contribution < -0.4 is 9.64 Å². The molecule has 0 saturated carbocycles. The van der Waals surface area contributed by atoms with Crippen LogP contribution >= 0.6 is 0 Å². The second-order valence-electron chi connectivity index (χ2n) is 5.58. The molecule has 3 heteroatoms. The van der Waals surface area contributed by atoms with Crippen molar-refractivity contribution in [2.24, 2.45) is 5.92 Å². The Bertz CT molecular complexity index is 608. The van der Waals surface area contributed by atoms with Gasteiger partial charge in [-0.25, -0.2) is 0 Å². The summed E-state index contributed by atoms with van der Waals surface area (Å²) in [6, 6.07) is 17.8. The van der Waals surface area contributed by atoms with Crippen LogP contribution in [0.3, 0.4) is 0 Å². The summed E-state index contributed by atoms with van der Waals surface area (Å²) in [5.41, 5.74) is 2.11. The van der Waals surface area contributed by atoms with Gasteiger partial charge in [-0.3, -0.25) is 4.79 Å². The molecule has 0 fully saturated rings. The van der Waals surface area contributed by atoms with Crippen molar-refractivity contribution in [1.82, 2.24) is 0 Å². The van der Waals surface area contributed by atoms with Gasteiger partial charge in [-0.2, -0.15) is 0 Å². The van der Waals surface area contributed by atoms with Crippen molar-refractivity contribution in [2.45, 2.75) is 20.3 Å². The van der Waals surface area contributed by atoms with Gasteiger partial charge in [-0.15, -0.1) is 0 Å². The number of hydrogen-bond acceptors (Lipinski definition) is 2. The van der Waals surface area contributed by atoms with E-state index in [1.54, 1.807) is 7.11 Å². The molecule has 0 aliphatic rings. The Morgan fingerprint density at radius 3 is 2.45 bits per heavy atom. The van der Waals surface area contributed by atoms with Crippen LogP contribution in [0.15, 0.2) is 54.6 Å². The fourth-order valence-electron chi connectivity index (χ4n) is 2.36. The van der Waals surface area contributed by atoms with Crippen LogP contribution in [0.2, 0.25) is 0 Å². The number of ether oxygens (including phenoxy) is 1. The van der Waals surface area contributed by atoms with Crippen molar-refractivity contribution < 1.29 is 9.53 Å². The van der Waals surface area contributed by atoms with Gasteiger partial charge in [-0.1, -0.05) is 44.2 Å². The molecule has 0 bridgehead atoms. The lowest BCUT2D eigenvalue weighted by atomic mass is 10.1. The summed E-state index contributed by atoms with van der Waals surface area (Å²) in [4.78, 5) is 14.4. The lowest BCUT2D eigenvalue weighted by Crippen LogP contribution is -2.36. The van der Waals surface area contributed by atoms with Crippen LogP contribution in [0.1, 0.15) is 19.4 Å². The number of benzene rings is 2. The smallest absolute Gasteiger partial charge is 0.229 e. The summed E-state index contributed by atoms with van der Waals surface area (Å²) in [5, 5.41) is 0. The van der Waals surface area contributed by atoms with E-state index in [0.717, 1.165) is 23.4 Å². The second kappa shape index (κ2) is 7.64. The maximum absolute atomic E-state index is 12.5. The van der Waals surface area contributed by atoms with E-state index >= 15 is 0 Å². The summed E-state index contributed by atoms with van der Waals surface area (Å²) in [5.74, 6) is 0.971. The number of nitrogens with zero attached hydrogens (tertiary/aromatic N) is 1. The predicted molar refractivity (Wildman–Crippen MR) is 90.3 cm³/mol. The maximum atomic E-state index is 12.5. The number of carbonyl (C=O) groups is 1. The molecule has 1 amide bonds. The molecule has 0 saturated heterocycles. The first-order valence-corrected chi connectivity index (χ1v) is 7.61. The molecule has 0 unspecified atom stereocenters. The van der Waals surface area contributed by atoms with Gasteiger partial charge in [0.15, 0.2) is 0 Å². The Morgan fingerprint density at radius 2 is 1.82 bits per heavy atom. The Morgan fingerprint density at radius 1 is 1.09 bits per heavy atom. The zero-order chi connectivity index (χ0) is 15.9. The SMILES string of the molecule is COc1cccc(CCN(C(=O)C(C)C)c2ccccc2)c1. The first kappa shape index (κ1) is 16.1. The fraction of sp³-hybridized carbons (Fsp3) is 0.316. The number of anilines is 1. The summed E-state index contributed by atoms with van der Waals surface area (Å²) in [6.45, 7) is 4.53. The molecule has 0 atom stereocenters. The van der Waals surface area contributed by atoms with E-state index < -0.39 is 0 Å². The predicted octanol–water partition coefficient (Wildman–Crippen LogP) is 3.93. The van der Waals surface area contributed by atoms with Gasteiger partial charge in [0.2, 0.25) is 5.91 Å². The third-order valence-electron chi connectivity index (χ3n) is 3.59. The summed E-state index contributed by atoms with van der Waals surface area (Å²) in [7, 11) is 1.66. The number of hydrogen-bond donors (Lipinski definition) is 0. The molecule has 2 aromatic rings. The van der Waals surface area contributed by atoms with Crippen LogP contribution in [0.4, 0.5) is 5.69 Å². The van der Waals surface area contributed by atoms with E-state index in [1.165, 1.54) is 0 Å². The zero-order valence-electron chi connectivity index (χ0n) is 13.5. The minimum atomic E-state index is -0.0227. The first-order chi connectivity index (χ1) is 10.6. The van der Waals surface area contributed by atoms with Crippen molar-refractivity contribution in [3.05, 3.63) is 60.2 Å². The lowest BCUT2D eigenvalue weighted by Gasteiger charge is -2.25. The normalized spacial score (nSPS) is 10.5. The lowest BCUT2D eigenvalue weighted by molar-refractivity contribution is -0.121. The number of methoxy groups -OCH3 is 1.